The van der Waals surface area contributed by atoms with Gasteiger partial charge in [-0.3, -0.25) is 14.9 Å². The number of carbonyl (C=O) groups is 3. The van der Waals surface area contributed by atoms with Gasteiger partial charge in [0.2, 0.25) is 0 Å². The predicted octanol–water partition coefficient (Wildman–Crippen LogP) is 5.29. The summed E-state index contributed by atoms with van der Waals surface area (Å²) in [7, 11) is 0. The largest absolute Gasteiger partial charge is 0.444 e. The Kier molecular flexibility index (Phi) is 9.06. The molecule has 196 valence electrons. The average molecular weight is 509 g/mol. The summed E-state index contributed by atoms with van der Waals surface area (Å²) in [6, 6.07) is 0.294. The molecule has 11 heteroatoms. The maximum absolute atomic E-state index is 14.1. The van der Waals surface area contributed by atoms with Crippen LogP contribution in [0.5, 0.6) is 0 Å². The number of aromatic nitrogens is 1. The molecule has 1 aliphatic rings. The average Bonchev–Trinajstić information content (AvgIpc) is 2.76. The van der Waals surface area contributed by atoms with E-state index in [0.717, 1.165) is 11.0 Å². The van der Waals surface area contributed by atoms with Gasteiger partial charge in [-0.2, -0.15) is 0 Å². The summed E-state index contributed by atoms with van der Waals surface area (Å²) in [5.74, 6) is -5.56. The van der Waals surface area contributed by atoms with Crippen LogP contribution in [0.15, 0.2) is 48.5 Å². The summed E-state index contributed by atoms with van der Waals surface area (Å²) in [5.41, 5.74) is 0.00639. The number of nitrogens with one attached hydrogen (secondary N) is 2. The predicted molar refractivity (Wildman–Crippen MR) is 130 cm³/mol. The highest BCUT2D eigenvalue weighted by Crippen LogP contribution is 2.35. The van der Waals surface area contributed by atoms with Gasteiger partial charge in [0.15, 0.2) is 0 Å². The van der Waals surface area contributed by atoms with Gasteiger partial charge in [0.05, 0.1) is 17.9 Å². The van der Waals surface area contributed by atoms with Crippen LogP contribution in [0.1, 0.15) is 46.1 Å². The van der Waals surface area contributed by atoms with Gasteiger partial charge in [0, 0.05) is 19.4 Å². The summed E-state index contributed by atoms with van der Waals surface area (Å²) in [4.78, 5) is 42.6. The van der Waals surface area contributed by atoms with Crippen LogP contribution in [0.25, 0.3) is 0 Å². The number of nitrogens with zero attached hydrogens (tertiary/aromatic N) is 2. The van der Waals surface area contributed by atoms with E-state index in [0.29, 0.717) is 5.56 Å². The maximum atomic E-state index is 14.1. The summed E-state index contributed by atoms with van der Waals surface area (Å²) < 4.78 is 46.8. The first-order chi connectivity index (χ1) is 16.6. The van der Waals surface area contributed by atoms with Crippen molar-refractivity contribution in [2.24, 2.45) is 0 Å². The Labute approximate surface area is 208 Å². The molecule has 1 atom stereocenters. The van der Waals surface area contributed by atoms with E-state index in [2.05, 4.69) is 22.2 Å². The molecule has 3 amide bonds. The normalized spacial score (nSPS) is 18.1. The summed E-state index contributed by atoms with van der Waals surface area (Å²) in [6.45, 7) is 11.5. The van der Waals surface area contributed by atoms with Gasteiger partial charge in [0.1, 0.15) is 17.2 Å². The van der Waals surface area contributed by atoms with Gasteiger partial charge in [-0.25, -0.2) is 22.9 Å². The highest BCUT2D eigenvalue weighted by atomic mass is 19.3. The lowest BCUT2D eigenvalue weighted by atomic mass is 9.92. The van der Waals surface area contributed by atoms with Crippen molar-refractivity contribution in [3.05, 3.63) is 54.0 Å². The third-order valence-electron chi connectivity index (χ3n) is 5.16. The third-order valence-corrected chi connectivity index (χ3v) is 5.16. The van der Waals surface area contributed by atoms with Gasteiger partial charge in [-0.1, -0.05) is 18.7 Å². The van der Waals surface area contributed by atoms with E-state index >= 15 is 0 Å². The fourth-order valence-corrected chi connectivity index (χ4v) is 3.39. The second-order valence-corrected chi connectivity index (χ2v) is 9.38. The van der Waals surface area contributed by atoms with Crippen molar-refractivity contribution in [1.82, 2.24) is 9.88 Å². The zero-order chi connectivity index (χ0) is 27.3. The first-order valence-electron chi connectivity index (χ1n) is 11.3. The number of allylic oxidation sites excluding steroid dienone is 3. The van der Waals surface area contributed by atoms with Gasteiger partial charge < -0.3 is 15.0 Å². The van der Waals surface area contributed by atoms with E-state index < -0.39 is 54.1 Å². The lowest BCUT2D eigenvalue weighted by Crippen LogP contribution is -2.53. The van der Waals surface area contributed by atoms with Crippen LogP contribution in [0.3, 0.4) is 0 Å². The highest BCUT2D eigenvalue weighted by molar-refractivity contribution is 6.39. The van der Waals surface area contributed by atoms with Crippen molar-refractivity contribution in [2.45, 2.75) is 65.0 Å². The molecule has 0 spiro atoms. The van der Waals surface area contributed by atoms with Crippen molar-refractivity contribution in [1.29, 1.82) is 0 Å². The summed E-state index contributed by atoms with van der Waals surface area (Å²) >= 11 is 0. The smallest absolute Gasteiger partial charge is 0.413 e. The molecule has 2 rings (SSSR count). The van der Waals surface area contributed by atoms with Gasteiger partial charge in [0.25, 0.3) is 5.92 Å². The Balaban J connectivity index is 2.13. The molecule has 0 radical (unpaired) electrons. The Morgan fingerprint density at radius 3 is 2.50 bits per heavy atom. The van der Waals surface area contributed by atoms with Crippen LogP contribution in [-0.2, 0) is 14.3 Å². The molecule has 0 unspecified atom stereocenters. The Hall–Kier alpha value is -3.63. The number of ether oxygens (including phenoxy) is 1. The number of pyridine rings is 1. The van der Waals surface area contributed by atoms with Crippen LogP contribution >= 0.6 is 0 Å². The Morgan fingerprint density at radius 2 is 1.92 bits per heavy atom. The molecule has 1 fully saturated rings. The summed E-state index contributed by atoms with van der Waals surface area (Å²) in [6.07, 6.45) is 2.62. The van der Waals surface area contributed by atoms with E-state index in [1.54, 1.807) is 27.7 Å². The first-order valence-corrected chi connectivity index (χ1v) is 11.3. The van der Waals surface area contributed by atoms with Crippen molar-refractivity contribution >= 4 is 29.4 Å². The lowest BCUT2D eigenvalue weighted by molar-refractivity contribution is -0.150. The molecule has 2 heterocycles. The van der Waals surface area contributed by atoms with E-state index in [-0.39, 0.29) is 23.6 Å². The number of halogens is 3. The topological polar surface area (TPSA) is 101 Å². The third kappa shape index (κ3) is 8.24. The summed E-state index contributed by atoms with van der Waals surface area (Å²) in [5, 5.41) is 4.89. The zero-order valence-electron chi connectivity index (χ0n) is 21.0. The molecule has 1 saturated heterocycles. The van der Waals surface area contributed by atoms with Crippen LogP contribution in [0.4, 0.5) is 29.5 Å². The SMILES string of the molecule is C=C(/C=C\C(F)=C/C)[C@@H]1CC(F)(F)CCN1C(=O)C(=O)Nc1cnc(NC(=O)OC(C)(C)C)c(C)c1. The number of hydrogen-bond acceptors (Lipinski definition) is 5. The molecule has 36 heavy (non-hydrogen) atoms. The van der Waals surface area contributed by atoms with Gasteiger partial charge in [-0.05, 0) is 57.9 Å². The standard InChI is InChI=1S/C25H31F3N4O4/c1-7-17(26)9-8-15(2)19-13-25(27,28)10-11-32(19)22(34)21(33)30-18-12-16(3)20(29-14-18)31-23(35)36-24(4,5)6/h7-9,12,14,19H,2,10-11,13H2,1,3-6H3,(H,30,33)(H,29,31,35)/b9-8-,17-7+/t19-/m0/s1. The van der Waals surface area contributed by atoms with E-state index in [1.165, 1.54) is 31.3 Å². The van der Waals surface area contributed by atoms with Crippen molar-refractivity contribution < 1.29 is 32.3 Å². The van der Waals surface area contributed by atoms with Crippen LogP contribution in [0, 0.1) is 6.92 Å². The molecule has 0 aromatic carbocycles. The molecule has 0 saturated carbocycles. The van der Waals surface area contributed by atoms with Crippen molar-refractivity contribution in [3.8, 4) is 0 Å². The monoisotopic (exact) mass is 508 g/mol. The van der Waals surface area contributed by atoms with Gasteiger partial charge in [-0.15, -0.1) is 0 Å². The second-order valence-electron chi connectivity index (χ2n) is 9.38. The number of hydrogen-bond donors (Lipinski definition) is 2. The maximum Gasteiger partial charge on any atom is 0.413 e. The first kappa shape index (κ1) is 28.6. The van der Waals surface area contributed by atoms with Crippen LogP contribution in [0.2, 0.25) is 0 Å². The Morgan fingerprint density at radius 1 is 1.25 bits per heavy atom. The number of piperidine rings is 1. The fraction of sp³-hybridized carbons (Fsp3) is 0.440. The highest BCUT2D eigenvalue weighted by Gasteiger charge is 2.44. The number of rotatable bonds is 5. The zero-order valence-corrected chi connectivity index (χ0v) is 21.0. The second kappa shape index (κ2) is 11.4. The van der Waals surface area contributed by atoms with Crippen molar-refractivity contribution in [2.75, 3.05) is 17.2 Å². The van der Waals surface area contributed by atoms with Gasteiger partial charge >= 0.3 is 17.9 Å². The minimum Gasteiger partial charge on any atom is -0.444 e. The van der Waals surface area contributed by atoms with Crippen LogP contribution < -0.4 is 10.6 Å². The number of aryl methyl sites for hydroxylation is 1. The molecule has 2 N–H and O–H groups in total. The van der Waals surface area contributed by atoms with Crippen molar-refractivity contribution in [3.63, 3.8) is 0 Å². The molecule has 8 nitrogen and oxygen atoms in total. The molecule has 1 aromatic heterocycles. The molecule has 0 bridgehead atoms. The quantitative estimate of drug-likeness (QED) is 0.416. The molecule has 0 aliphatic carbocycles. The molecule has 1 aliphatic heterocycles. The fourth-order valence-electron chi connectivity index (χ4n) is 3.39. The molecular formula is C25H31F3N4O4. The minimum absolute atomic E-state index is 0.0719. The minimum atomic E-state index is -3.06. The number of anilines is 2. The number of alkyl halides is 2. The van der Waals surface area contributed by atoms with E-state index in [1.807, 2.05) is 0 Å². The number of carbonyl (C=O) groups excluding carboxylic acids is 3. The lowest BCUT2D eigenvalue weighted by Gasteiger charge is -2.39. The molecular weight excluding hydrogens is 477 g/mol. The number of amides is 3. The molecule has 1 aromatic rings. The van der Waals surface area contributed by atoms with E-state index in [4.69, 9.17) is 4.74 Å². The van der Waals surface area contributed by atoms with E-state index in [9.17, 15) is 27.6 Å². The van der Waals surface area contributed by atoms with Crippen LogP contribution in [-0.4, -0.2) is 51.9 Å². The Bertz CT molecular complexity index is 1090. The number of likely N-dealkylation sites (tertiary alicyclic amines) is 1.